The molecular formula is C16H18ClNO. The fraction of sp³-hybridized carbons (Fsp3) is 0.188. The third-order valence-electron chi connectivity index (χ3n) is 2.49. The Morgan fingerprint density at radius 2 is 1.37 bits per heavy atom. The fourth-order valence-electron chi connectivity index (χ4n) is 1.41. The van der Waals surface area contributed by atoms with E-state index in [9.17, 15) is 4.79 Å². The molecule has 0 atom stereocenters. The zero-order valence-corrected chi connectivity index (χ0v) is 12.0. The Kier molecular flexibility index (Phi) is 6.69. The second kappa shape index (κ2) is 8.33. The first-order valence-electron chi connectivity index (χ1n) is 6.01. The van der Waals surface area contributed by atoms with Crippen molar-refractivity contribution in [2.45, 2.75) is 0 Å². The van der Waals surface area contributed by atoms with Crippen molar-refractivity contribution in [3.63, 3.8) is 0 Å². The van der Waals surface area contributed by atoms with Crippen LogP contribution in [0.5, 0.6) is 0 Å². The van der Waals surface area contributed by atoms with E-state index in [1.807, 2.05) is 67.5 Å². The van der Waals surface area contributed by atoms with E-state index in [0.29, 0.717) is 5.56 Å². The topological polar surface area (TPSA) is 20.3 Å². The van der Waals surface area contributed by atoms with E-state index in [-0.39, 0.29) is 11.7 Å². The average molecular weight is 276 g/mol. The van der Waals surface area contributed by atoms with Crippen molar-refractivity contribution in [3.8, 4) is 0 Å². The molecule has 0 aliphatic rings. The van der Waals surface area contributed by atoms with Gasteiger partial charge in [0, 0.05) is 25.3 Å². The van der Waals surface area contributed by atoms with Crippen molar-refractivity contribution in [1.82, 2.24) is 0 Å². The van der Waals surface area contributed by atoms with Crippen LogP contribution in [0, 0.1) is 0 Å². The maximum absolute atomic E-state index is 11.1. The summed E-state index contributed by atoms with van der Waals surface area (Å²) in [5.74, 6) is 0.00776. The van der Waals surface area contributed by atoms with Gasteiger partial charge in [0.25, 0.3) is 0 Å². The van der Waals surface area contributed by atoms with Crippen LogP contribution in [0.15, 0.2) is 60.7 Å². The molecule has 0 aliphatic carbocycles. The molecule has 2 nitrogen and oxygen atoms in total. The summed E-state index contributed by atoms with van der Waals surface area (Å²) in [4.78, 5) is 13.1. The van der Waals surface area contributed by atoms with Crippen LogP contribution in [-0.4, -0.2) is 25.8 Å². The normalized spacial score (nSPS) is 9.21. The Labute approximate surface area is 119 Å². The Morgan fingerprint density at radius 1 is 0.947 bits per heavy atom. The molecule has 2 aromatic carbocycles. The summed E-state index contributed by atoms with van der Waals surface area (Å²) >= 11 is 5.43. The zero-order valence-electron chi connectivity index (χ0n) is 11.2. The van der Waals surface area contributed by atoms with Crippen molar-refractivity contribution >= 4 is 23.1 Å². The number of carbonyl (C=O) groups is 1. The predicted molar refractivity (Wildman–Crippen MR) is 82.3 cm³/mol. The summed E-state index contributed by atoms with van der Waals surface area (Å²) in [6, 6.07) is 19.4. The number of nitrogens with zero attached hydrogens (tertiary/aromatic N) is 1. The van der Waals surface area contributed by atoms with Crippen molar-refractivity contribution in [2.24, 2.45) is 0 Å². The predicted octanol–water partition coefficient (Wildman–Crippen LogP) is 3.86. The van der Waals surface area contributed by atoms with Crippen molar-refractivity contribution in [3.05, 3.63) is 66.2 Å². The van der Waals surface area contributed by atoms with E-state index in [1.54, 1.807) is 12.1 Å². The molecule has 0 amide bonds. The summed E-state index contributed by atoms with van der Waals surface area (Å²) in [6.45, 7) is 0. The average Bonchev–Trinajstić information content (AvgIpc) is 2.49. The molecule has 2 rings (SSSR count). The molecule has 0 unspecified atom stereocenters. The lowest BCUT2D eigenvalue weighted by molar-refractivity contribution is 0.102. The van der Waals surface area contributed by atoms with E-state index in [1.165, 1.54) is 0 Å². The van der Waals surface area contributed by atoms with Gasteiger partial charge in [-0.2, -0.15) is 0 Å². The highest BCUT2D eigenvalue weighted by Gasteiger charge is 2.03. The summed E-state index contributed by atoms with van der Waals surface area (Å²) in [5.41, 5.74) is 1.74. The van der Waals surface area contributed by atoms with Crippen LogP contribution in [0.1, 0.15) is 10.4 Å². The van der Waals surface area contributed by atoms with Crippen LogP contribution in [0.25, 0.3) is 0 Å². The number of ketones is 1. The number of benzene rings is 2. The molecule has 0 aromatic heterocycles. The monoisotopic (exact) mass is 275 g/mol. The SMILES string of the molecule is CN(C)c1ccc(C(=O)CCl)cc1.c1ccccc1. The Morgan fingerprint density at radius 3 is 1.68 bits per heavy atom. The molecule has 0 radical (unpaired) electrons. The van der Waals surface area contributed by atoms with Gasteiger partial charge in [0.2, 0.25) is 0 Å². The standard InChI is InChI=1S/C10H12ClNO.C6H6/c1-12(2)9-5-3-8(4-6-9)10(13)7-11;1-2-4-6-5-3-1/h3-6H,7H2,1-2H3;1-6H. The lowest BCUT2D eigenvalue weighted by Gasteiger charge is -2.11. The largest absolute Gasteiger partial charge is 0.378 e. The smallest absolute Gasteiger partial charge is 0.177 e. The fourth-order valence-corrected chi connectivity index (χ4v) is 1.56. The van der Waals surface area contributed by atoms with Crippen LogP contribution in [-0.2, 0) is 0 Å². The summed E-state index contributed by atoms with van der Waals surface area (Å²) in [7, 11) is 3.91. The minimum absolute atomic E-state index is 0.0352. The van der Waals surface area contributed by atoms with E-state index < -0.39 is 0 Å². The van der Waals surface area contributed by atoms with Crippen molar-refractivity contribution < 1.29 is 4.79 Å². The van der Waals surface area contributed by atoms with Gasteiger partial charge in [0.15, 0.2) is 5.78 Å². The first kappa shape index (κ1) is 15.3. The highest BCUT2D eigenvalue weighted by Crippen LogP contribution is 2.12. The molecule has 0 fully saturated rings. The van der Waals surface area contributed by atoms with Gasteiger partial charge in [-0.3, -0.25) is 4.79 Å². The van der Waals surface area contributed by atoms with Gasteiger partial charge in [-0.25, -0.2) is 0 Å². The number of alkyl halides is 1. The lowest BCUT2D eigenvalue weighted by Crippen LogP contribution is -2.09. The molecule has 0 saturated carbocycles. The highest BCUT2D eigenvalue weighted by molar-refractivity contribution is 6.30. The molecule has 0 spiro atoms. The van der Waals surface area contributed by atoms with Gasteiger partial charge in [-0.15, -0.1) is 11.6 Å². The lowest BCUT2D eigenvalue weighted by atomic mass is 10.1. The third-order valence-corrected chi connectivity index (χ3v) is 2.74. The molecule has 0 saturated heterocycles. The molecule has 2 aromatic rings. The number of carbonyl (C=O) groups excluding carboxylic acids is 1. The maximum Gasteiger partial charge on any atom is 0.177 e. The van der Waals surface area contributed by atoms with Gasteiger partial charge in [-0.1, -0.05) is 36.4 Å². The van der Waals surface area contributed by atoms with E-state index >= 15 is 0 Å². The molecule has 0 bridgehead atoms. The molecule has 0 aliphatic heterocycles. The minimum Gasteiger partial charge on any atom is -0.378 e. The van der Waals surface area contributed by atoms with Crippen LogP contribution in [0.3, 0.4) is 0 Å². The highest BCUT2D eigenvalue weighted by atomic mass is 35.5. The van der Waals surface area contributed by atoms with E-state index in [0.717, 1.165) is 5.69 Å². The summed E-state index contributed by atoms with van der Waals surface area (Å²) in [6.07, 6.45) is 0. The first-order chi connectivity index (χ1) is 9.15. The summed E-state index contributed by atoms with van der Waals surface area (Å²) in [5, 5.41) is 0. The van der Waals surface area contributed by atoms with Crippen molar-refractivity contribution in [2.75, 3.05) is 24.9 Å². The number of Topliss-reactive ketones (excluding diaryl/α,β-unsaturated/α-hetero) is 1. The number of hydrogen-bond acceptors (Lipinski definition) is 2. The van der Waals surface area contributed by atoms with Crippen LogP contribution in [0.4, 0.5) is 5.69 Å². The Balaban J connectivity index is 0.000000250. The maximum atomic E-state index is 11.1. The molecular weight excluding hydrogens is 258 g/mol. The summed E-state index contributed by atoms with van der Waals surface area (Å²) < 4.78 is 0. The zero-order chi connectivity index (χ0) is 14.1. The van der Waals surface area contributed by atoms with Gasteiger partial charge < -0.3 is 4.90 Å². The van der Waals surface area contributed by atoms with Gasteiger partial charge in [0.05, 0.1) is 5.88 Å². The van der Waals surface area contributed by atoms with Gasteiger partial charge in [0.1, 0.15) is 0 Å². The van der Waals surface area contributed by atoms with Crippen LogP contribution < -0.4 is 4.90 Å². The number of halogens is 1. The minimum atomic E-state index is -0.0352. The third kappa shape index (κ3) is 5.58. The molecule has 3 heteroatoms. The quantitative estimate of drug-likeness (QED) is 0.626. The number of hydrogen-bond donors (Lipinski definition) is 0. The van der Waals surface area contributed by atoms with Gasteiger partial charge >= 0.3 is 0 Å². The number of anilines is 1. The molecule has 0 heterocycles. The van der Waals surface area contributed by atoms with Gasteiger partial charge in [-0.05, 0) is 24.3 Å². The number of rotatable bonds is 3. The Bertz CT molecular complexity index is 453. The molecule has 19 heavy (non-hydrogen) atoms. The molecule has 0 N–H and O–H groups in total. The van der Waals surface area contributed by atoms with E-state index in [4.69, 9.17) is 11.6 Å². The van der Waals surface area contributed by atoms with Crippen molar-refractivity contribution in [1.29, 1.82) is 0 Å². The Hall–Kier alpha value is -1.80. The van der Waals surface area contributed by atoms with E-state index in [2.05, 4.69) is 0 Å². The second-order valence-corrected chi connectivity index (χ2v) is 4.42. The molecule has 100 valence electrons. The second-order valence-electron chi connectivity index (χ2n) is 4.15. The first-order valence-corrected chi connectivity index (χ1v) is 6.55. The van der Waals surface area contributed by atoms with Crippen LogP contribution >= 0.6 is 11.6 Å². The van der Waals surface area contributed by atoms with Crippen LogP contribution in [0.2, 0.25) is 0 Å².